The largest absolute Gasteiger partial charge is 0.192 e. The third-order valence-corrected chi connectivity index (χ3v) is 1.71. The molecule has 0 atom stereocenters. The van der Waals surface area contributed by atoms with E-state index in [0.717, 1.165) is 0 Å². The van der Waals surface area contributed by atoms with E-state index in [0.29, 0.717) is 16.3 Å². The van der Waals surface area contributed by atoms with E-state index >= 15 is 0 Å². The first kappa shape index (κ1) is 7.52. The van der Waals surface area contributed by atoms with Crippen LogP contribution in [0.25, 0.3) is 0 Å². The maximum absolute atomic E-state index is 8.60. The van der Waals surface area contributed by atoms with E-state index in [9.17, 15) is 0 Å². The van der Waals surface area contributed by atoms with E-state index in [1.165, 1.54) is 0 Å². The zero-order valence-electron chi connectivity index (χ0n) is 5.63. The molecule has 2 nitrogen and oxygen atoms in total. The topological polar surface area (TPSA) is 47.6 Å². The lowest BCUT2D eigenvalue weighted by atomic mass is 10.1. The van der Waals surface area contributed by atoms with E-state index in [1.807, 2.05) is 12.1 Å². The van der Waals surface area contributed by atoms with Crippen LogP contribution in [0.4, 0.5) is 0 Å². The van der Waals surface area contributed by atoms with Crippen LogP contribution < -0.4 is 5.19 Å². The minimum absolute atomic E-state index is 0.395. The van der Waals surface area contributed by atoms with Crippen LogP contribution in [0.1, 0.15) is 11.1 Å². The summed E-state index contributed by atoms with van der Waals surface area (Å²) in [5.74, 6) is 0. The van der Waals surface area contributed by atoms with Crippen molar-refractivity contribution in [2.45, 2.75) is 0 Å². The van der Waals surface area contributed by atoms with Crippen LogP contribution in [0, 0.1) is 22.7 Å². The fourth-order valence-electron chi connectivity index (χ4n) is 0.766. The van der Waals surface area contributed by atoms with E-state index in [4.69, 9.17) is 10.5 Å². The summed E-state index contributed by atoms with van der Waals surface area (Å²) in [7, 11) is 3.22. The van der Waals surface area contributed by atoms with Gasteiger partial charge in [0.05, 0.1) is 21.4 Å². The molecule has 11 heavy (non-hydrogen) atoms. The van der Waals surface area contributed by atoms with Gasteiger partial charge in [0.1, 0.15) is 12.1 Å². The maximum Gasteiger partial charge on any atom is 0.101 e. The van der Waals surface area contributed by atoms with Crippen molar-refractivity contribution in [2.75, 3.05) is 0 Å². The molecule has 3 radical (unpaired) electrons. The summed E-state index contributed by atoms with van der Waals surface area (Å²) >= 11 is 0. The Labute approximate surface area is 68.1 Å². The molecule has 0 aromatic heterocycles. The average molecular weight is 155 g/mol. The molecule has 3 heteroatoms. The van der Waals surface area contributed by atoms with Crippen LogP contribution in [0.2, 0.25) is 0 Å². The number of benzene rings is 1. The van der Waals surface area contributed by atoms with Crippen molar-refractivity contribution < 1.29 is 0 Å². The Kier molecular flexibility index (Phi) is 2.05. The number of nitrogens with zero attached hydrogens (tertiary/aromatic N) is 2. The molecule has 0 saturated carbocycles. The van der Waals surface area contributed by atoms with Gasteiger partial charge in [0.25, 0.3) is 0 Å². The van der Waals surface area contributed by atoms with Gasteiger partial charge in [-0.25, -0.2) is 0 Å². The summed E-state index contributed by atoms with van der Waals surface area (Å²) in [5, 5.41) is 17.8. The van der Waals surface area contributed by atoms with Crippen LogP contribution in [-0.2, 0) is 0 Å². The number of hydrogen-bond acceptors (Lipinski definition) is 2. The van der Waals surface area contributed by atoms with Crippen molar-refractivity contribution in [3.8, 4) is 12.1 Å². The lowest BCUT2D eigenvalue weighted by Crippen LogP contribution is -2.08. The Morgan fingerprint density at radius 1 is 1.18 bits per heavy atom. The molecule has 0 aliphatic rings. The summed E-state index contributed by atoms with van der Waals surface area (Å²) in [6, 6.07) is 8.95. The summed E-state index contributed by atoms with van der Waals surface area (Å²) in [6.07, 6.45) is 0. The van der Waals surface area contributed by atoms with Crippen LogP contribution in [0.15, 0.2) is 18.2 Å². The van der Waals surface area contributed by atoms with Crippen molar-refractivity contribution in [3.63, 3.8) is 0 Å². The monoisotopic (exact) mass is 155 g/mol. The molecule has 1 rings (SSSR count). The normalized spacial score (nSPS) is 8.27. The molecule has 0 bridgehead atoms. The lowest BCUT2D eigenvalue weighted by Gasteiger charge is -1.95. The summed E-state index contributed by atoms with van der Waals surface area (Å²) in [4.78, 5) is 0. The molecular formula is C8H3N2Si. The van der Waals surface area contributed by atoms with Gasteiger partial charge in [-0.2, -0.15) is 10.5 Å². The van der Waals surface area contributed by atoms with E-state index in [2.05, 4.69) is 10.2 Å². The quantitative estimate of drug-likeness (QED) is 0.503. The van der Waals surface area contributed by atoms with Gasteiger partial charge in [-0.3, -0.25) is 0 Å². The lowest BCUT2D eigenvalue weighted by molar-refractivity contribution is 1.45. The van der Waals surface area contributed by atoms with Gasteiger partial charge >= 0.3 is 0 Å². The van der Waals surface area contributed by atoms with Gasteiger partial charge in [-0.1, -0.05) is 12.1 Å². The average Bonchev–Trinajstić information content (AvgIpc) is 2.04. The summed E-state index contributed by atoms with van der Waals surface area (Å²) in [6.45, 7) is 0. The highest BCUT2D eigenvalue weighted by Gasteiger charge is 2.01. The molecule has 49 valence electrons. The minimum atomic E-state index is 0.395. The van der Waals surface area contributed by atoms with Crippen molar-refractivity contribution in [1.82, 2.24) is 0 Å². The second-order valence-electron chi connectivity index (χ2n) is 1.95. The van der Waals surface area contributed by atoms with Gasteiger partial charge < -0.3 is 0 Å². The summed E-state index contributed by atoms with van der Waals surface area (Å²) in [5.41, 5.74) is 0.798. The molecule has 1 aromatic rings. The molecule has 0 aliphatic carbocycles. The predicted molar refractivity (Wildman–Crippen MR) is 41.3 cm³/mol. The molecular weight excluding hydrogens is 152 g/mol. The fraction of sp³-hybridized carbons (Fsp3) is 0. The van der Waals surface area contributed by atoms with E-state index in [-0.39, 0.29) is 0 Å². The molecule has 0 spiro atoms. The predicted octanol–water partition coefficient (Wildman–Crippen LogP) is 0.224. The first-order chi connectivity index (χ1) is 5.29. The number of nitriles is 2. The van der Waals surface area contributed by atoms with Gasteiger partial charge in [-0.15, -0.1) is 0 Å². The van der Waals surface area contributed by atoms with Crippen LogP contribution in [-0.4, -0.2) is 10.2 Å². The first-order valence-corrected chi connectivity index (χ1v) is 3.44. The number of hydrogen-bond donors (Lipinski definition) is 0. The standard InChI is InChI=1S/C8H3N2Si/c9-4-6-2-1-3-8(11)7(6)5-10/h1-3H. The molecule has 0 N–H and O–H groups in total. The Morgan fingerprint density at radius 3 is 2.36 bits per heavy atom. The highest BCUT2D eigenvalue weighted by molar-refractivity contribution is 6.34. The number of rotatable bonds is 0. The maximum atomic E-state index is 8.60. The molecule has 0 saturated heterocycles. The van der Waals surface area contributed by atoms with Crippen molar-refractivity contribution >= 4 is 15.4 Å². The third-order valence-electron chi connectivity index (χ3n) is 1.30. The summed E-state index contributed by atoms with van der Waals surface area (Å²) < 4.78 is 0. The molecule has 1 aromatic carbocycles. The second-order valence-corrected chi connectivity index (χ2v) is 2.49. The SMILES string of the molecule is N#Cc1cccc([Si])c1C#N. The molecule has 0 aliphatic heterocycles. The highest BCUT2D eigenvalue weighted by Crippen LogP contribution is 2.01. The van der Waals surface area contributed by atoms with Crippen molar-refractivity contribution in [1.29, 1.82) is 10.5 Å². The Balaban J connectivity index is 3.42. The smallest absolute Gasteiger partial charge is 0.101 e. The van der Waals surface area contributed by atoms with Gasteiger partial charge in [0, 0.05) is 0 Å². The Morgan fingerprint density at radius 2 is 1.91 bits per heavy atom. The first-order valence-electron chi connectivity index (χ1n) is 2.94. The molecule has 0 fully saturated rings. The van der Waals surface area contributed by atoms with Crippen molar-refractivity contribution in [3.05, 3.63) is 29.3 Å². The van der Waals surface area contributed by atoms with Gasteiger partial charge in [0.2, 0.25) is 0 Å². The molecule has 0 amide bonds. The third kappa shape index (κ3) is 1.29. The molecule has 0 unspecified atom stereocenters. The Bertz CT molecular complexity index is 357. The zero-order chi connectivity index (χ0) is 8.27. The highest BCUT2D eigenvalue weighted by atomic mass is 28.1. The molecule has 0 heterocycles. The van der Waals surface area contributed by atoms with Crippen molar-refractivity contribution in [2.24, 2.45) is 0 Å². The fourth-order valence-corrected chi connectivity index (χ4v) is 1.05. The zero-order valence-corrected chi connectivity index (χ0v) is 6.63. The van der Waals surface area contributed by atoms with Crippen LogP contribution in [0.5, 0.6) is 0 Å². The van der Waals surface area contributed by atoms with Crippen LogP contribution >= 0.6 is 0 Å². The van der Waals surface area contributed by atoms with Gasteiger partial charge in [-0.05, 0) is 11.3 Å². The Hall–Kier alpha value is -1.58. The van der Waals surface area contributed by atoms with Crippen LogP contribution in [0.3, 0.4) is 0 Å². The van der Waals surface area contributed by atoms with Gasteiger partial charge in [0.15, 0.2) is 0 Å². The van der Waals surface area contributed by atoms with E-state index < -0.39 is 0 Å². The minimum Gasteiger partial charge on any atom is -0.192 e. The van der Waals surface area contributed by atoms with E-state index in [1.54, 1.807) is 18.2 Å². The second kappa shape index (κ2) is 3.00.